The molecule has 0 radical (unpaired) electrons. The standard InChI is InChI=1S/C19H17ClF3N3O/c1-12(13-7-3-2-4-8-13)24-18(27)16-11-17(19(21,22)23)25-26(16)15-10-6-5-9-14(15)20/h2-7,9-13H,8H2,1H3,(H,24,27)/t12-,13?/m1/s1. The maximum atomic E-state index is 13.2. The first-order valence-corrected chi connectivity index (χ1v) is 8.71. The third-order valence-electron chi connectivity index (χ3n) is 4.33. The van der Waals surface area contributed by atoms with Crippen LogP contribution in [0.4, 0.5) is 13.2 Å². The summed E-state index contributed by atoms with van der Waals surface area (Å²) in [6.07, 6.45) is 3.79. The number of amides is 1. The van der Waals surface area contributed by atoms with Gasteiger partial charge in [0.15, 0.2) is 5.69 Å². The largest absolute Gasteiger partial charge is 0.435 e. The van der Waals surface area contributed by atoms with Crippen molar-refractivity contribution in [2.45, 2.75) is 25.6 Å². The molecule has 2 atom stereocenters. The quantitative estimate of drug-likeness (QED) is 0.808. The van der Waals surface area contributed by atoms with Crippen molar-refractivity contribution in [1.29, 1.82) is 0 Å². The summed E-state index contributed by atoms with van der Waals surface area (Å²) in [7, 11) is 0. The lowest BCUT2D eigenvalue weighted by atomic mass is 9.94. The third-order valence-corrected chi connectivity index (χ3v) is 4.65. The summed E-state index contributed by atoms with van der Waals surface area (Å²) < 4.78 is 40.4. The lowest BCUT2D eigenvalue weighted by Crippen LogP contribution is -2.38. The van der Waals surface area contributed by atoms with E-state index < -0.39 is 17.8 Å². The Labute approximate surface area is 159 Å². The van der Waals surface area contributed by atoms with Gasteiger partial charge in [0.2, 0.25) is 0 Å². The van der Waals surface area contributed by atoms with Crippen molar-refractivity contribution in [1.82, 2.24) is 15.1 Å². The summed E-state index contributed by atoms with van der Waals surface area (Å²) in [5.74, 6) is -0.578. The number of allylic oxidation sites excluding steroid dienone is 3. The molecule has 0 aliphatic heterocycles. The minimum Gasteiger partial charge on any atom is -0.348 e. The molecule has 1 unspecified atom stereocenters. The van der Waals surface area contributed by atoms with Gasteiger partial charge in [-0.1, -0.05) is 48.0 Å². The van der Waals surface area contributed by atoms with Crippen LogP contribution in [-0.2, 0) is 6.18 Å². The molecule has 3 rings (SSSR count). The highest BCUT2D eigenvalue weighted by atomic mass is 35.5. The van der Waals surface area contributed by atoms with E-state index in [0.29, 0.717) is 0 Å². The summed E-state index contributed by atoms with van der Waals surface area (Å²) in [6, 6.07) is 6.76. The third kappa shape index (κ3) is 4.24. The van der Waals surface area contributed by atoms with Crippen LogP contribution in [0.5, 0.6) is 0 Å². The average molecular weight is 396 g/mol. The van der Waals surface area contributed by atoms with Crippen molar-refractivity contribution in [3.8, 4) is 5.69 Å². The van der Waals surface area contributed by atoms with E-state index in [1.807, 2.05) is 31.2 Å². The van der Waals surface area contributed by atoms with Crippen LogP contribution < -0.4 is 5.32 Å². The van der Waals surface area contributed by atoms with Gasteiger partial charge in [-0.25, -0.2) is 4.68 Å². The van der Waals surface area contributed by atoms with Gasteiger partial charge in [0.1, 0.15) is 5.69 Å². The van der Waals surface area contributed by atoms with Crippen LogP contribution in [0.25, 0.3) is 5.69 Å². The summed E-state index contributed by atoms with van der Waals surface area (Å²) in [4.78, 5) is 12.7. The Morgan fingerprint density at radius 3 is 2.70 bits per heavy atom. The van der Waals surface area contributed by atoms with Gasteiger partial charge in [-0.05, 0) is 25.5 Å². The van der Waals surface area contributed by atoms with Gasteiger partial charge >= 0.3 is 6.18 Å². The molecule has 1 N–H and O–H groups in total. The van der Waals surface area contributed by atoms with E-state index in [2.05, 4.69) is 10.4 Å². The lowest BCUT2D eigenvalue weighted by molar-refractivity contribution is -0.141. The van der Waals surface area contributed by atoms with Crippen molar-refractivity contribution in [3.05, 3.63) is 71.0 Å². The van der Waals surface area contributed by atoms with Crippen LogP contribution in [-0.4, -0.2) is 21.7 Å². The lowest BCUT2D eigenvalue weighted by Gasteiger charge is -2.22. The van der Waals surface area contributed by atoms with Gasteiger partial charge in [0, 0.05) is 18.0 Å². The van der Waals surface area contributed by atoms with Gasteiger partial charge in [-0.3, -0.25) is 4.79 Å². The molecular weight excluding hydrogens is 379 g/mol. The molecule has 0 saturated heterocycles. The van der Waals surface area contributed by atoms with Crippen LogP contribution in [0.2, 0.25) is 5.02 Å². The smallest absolute Gasteiger partial charge is 0.348 e. The molecule has 2 aromatic rings. The number of halogens is 4. The second kappa shape index (κ2) is 7.60. The first-order chi connectivity index (χ1) is 12.8. The number of benzene rings is 1. The molecular formula is C19H17ClF3N3O. The van der Waals surface area contributed by atoms with E-state index in [0.717, 1.165) is 17.2 Å². The first kappa shape index (κ1) is 19.2. The van der Waals surface area contributed by atoms with Gasteiger partial charge in [-0.2, -0.15) is 18.3 Å². The van der Waals surface area contributed by atoms with E-state index in [1.165, 1.54) is 12.1 Å². The van der Waals surface area contributed by atoms with Crippen LogP contribution in [0, 0.1) is 5.92 Å². The maximum Gasteiger partial charge on any atom is 0.435 e. The minimum atomic E-state index is -4.68. The molecule has 142 valence electrons. The first-order valence-electron chi connectivity index (χ1n) is 8.33. The molecule has 0 spiro atoms. The number of nitrogens with zero attached hydrogens (tertiary/aromatic N) is 2. The highest BCUT2D eigenvalue weighted by Crippen LogP contribution is 2.31. The van der Waals surface area contributed by atoms with Crippen LogP contribution in [0.15, 0.2) is 54.6 Å². The highest BCUT2D eigenvalue weighted by molar-refractivity contribution is 6.32. The normalized spacial score (nSPS) is 17.7. The van der Waals surface area contributed by atoms with Crippen molar-refractivity contribution in [2.24, 2.45) is 5.92 Å². The monoisotopic (exact) mass is 395 g/mol. The van der Waals surface area contributed by atoms with Gasteiger partial charge in [0.05, 0.1) is 10.7 Å². The SMILES string of the molecule is C[C@@H](NC(=O)c1cc(C(F)(F)F)nn1-c1ccccc1Cl)C1C=CC=CC1. The zero-order valence-corrected chi connectivity index (χ0v) is 15.1. The van der Waals surface area contributed by atoms with E-state index in [1.54, 1.807) is 12.1 Å². The number of aromatic nitrogens is 2. The molecule has 1 heterocycles. The molecule has 1 aliphatic carbocycles. The van der Waals surface area contributed by atoms with Gasteiger partial charge in [-0.15, -0.1) is 0 Å². The fourth-order valence-corrected chi connectivity index (χ4v) is 3.06. The van der Waals surface area contributed by atoms with Crippen LogP contribution in [0.3, 0.4) is 0 Å². The Hall–Kier alpha value is -2.54. The summed E-state index contributed by atoms with van der Waals surface area (Å²) in [5.41, 5.74) is -1.17. The van der Waals surface area contributed by atoms with E-state index in [9.17, 15) is 18.0 Å². The number of rotatable bonds is 4. The molecule has 4 nitrogen and oxygen atoms in total. The Morgan fingerprint density at radius 2 is 2.07 bits per heavy atom. The van der Waals surface area contributed by atoms with Crippen molar-refractivity contribution in [3.63, 3.8) is 0 Å². The van der Waals surface area contributed by atoms with Gasteiger partial charge < -0.3 is 5.32 Å². The predicted molar refractivity (Wildman–Crippen MR) is 96.9 cm³/mol. The summed E-state index contributed by atoms with van der Waals surface area (Å²) >= 11 is 6.10. The van der Waals surface area contributed by atoms with E-state index in [4.69, 9.17) is 11.6 Å². The molecule has 1 aromatic carbocycles. The van der Waals surface area contributed by atoms with Crippen molar-refractivity contribution in [2.75, 3.05) is 0 Å². The summed E-state index contributed by atoms with van der Waals surface area (Å²) in [5, 5.41) is 6.53. The Kier molecular flexibility index (Phi) is 5.41. The number of hydrogen-bond donors (Lipinski definition) is 1. The number of carbonyl (C=O) groups is 1. The second-order valence-electron chi connectivity index (χ2n) is 6.25. The minimum absolute atomic E-state index is 0.0673. The zero-order chi connectivity index (χ0) is 19.6. The Bertz CT molecular complexity index is 902. The number of carbonyl (C=O) groups excluding carboxylic acids is 1. The number of nitrogens with one attached hydrogen (secondary N) is 1. The molecule has 8 heteroatoms. The highest BCUT2D eigenvalue weighted by Gasteiger charge is 2.36. The van der Waals surface area contributed by atoms with Crippen LogP contribution in [0.1, 0.15) is 29.5 Å². The number of para-hydroxylation sites is 1. The number of alkyl halides is 3. The van der Waals surface area contributed by atoms with E-state index in [-0.39, 0.29) is 28.4 Å². The van der Waals surface area contributed by atoms with Crippen LogP contribution >= 0.6 is 11.6 Å². The molecule has 1 aromatic heterocycles. The average Bonchev–Trinajstić information content (AvgIpc) is 3.08. The second-order valence-corrected chi connectivity index (χ2v) is 6.66. The Balaban J connectivity index is 1.94. The molecule has 1 aliphatic rings. The molecule has 27 heavy (non-hydrogen) atoms. The molecule has 0 bridgehead atoms. The summed E-state index contributed by atoms with van der Waals surface area (Å²) in [6.45, 7) is 1.81. The molecule has 1 amide bonds. The van der Waals surface area contributed by atoms with E-state index >= 15 is 0 Å². The molecule has 0 fully saturated rings. The van der Waals surface area contributed by atoms with Gasteiger partial charge in [0.25, 0.3) is 5.91 Å². The fraction of sp³-hybridized carbons (Fsp3) is 0.263. The fourth-order valence-electron chi connectivity index (χ4n) is 2.85. The van der Waals surface area contributed by atoms with Crippen molar-refractivity contribution >= 4 is 17.5 Å². The number of hydrogen-bond acceptors (Lipinski definition) is 2. The predicted octanol–water partition coefficient (Wildman–Crippen LogP) is 4.80. The zero-order valence-electron chi connectivity index (χ0n) is 14.4. The van der Waals surface area contributed by atoms with Crippen molar-refractivity contribution < 1.29 is 18.0 Å². The Morgan fingerprint density at radius 1 is 1.33 bits per heavy atom. The topological polar surface area (TPSA) is 46.9 Å². The maximum absolute atomic E-state index is 13.2. The molecule has 0 saturated carbocycles.